The van der Waals surface area contributed by atoms with Crippen molar-refractivity contribution in [2.45, 2.75) is 27.3 Å². The first-order chi connectivity index (χ1) is 12.9. The van der Waals surface area contributed by atoms with Crippen LogP contribution in [0.25, 0.3) is 0 Å². The van der Waals surface area contributed by atoms with Crippen molar-refractivity contribution in [2.24, 2.45) is 0 Å². The van der Waals surface area contributed by atoms with Crippen LogP contribution in [0.3, 0.4) is 0 Å². The highest BCUT2D eigenvalue weighted by molar-refractivity contribution is 5.78. The predicted molar refractivity (Wildman–Crippen MR) is 104 cm³/mol. The first-order valence-electron chi connectivity index (χ1n) is 9.67. The maximum atomic E-state index is 13.3. The van der Waals surface area contributed by atoms with Gasteiger partial charge >= 0.3 is 0 Å². The smallest absolute Gasteiger partial charge is 0.236 e. The molecule has 2 rings (SSSR count). The van der Waals surface area contributed by atoms with Crippen molar-refractivity contribution in [3.8, 4) is 0 Å². The molecule has 0 saturated carbocycles. The number of aryl methyl sites for hydroxylation is 1. The van der Waals surface area contributed by atoms with Gasteiger partial charge in [0, 0.05) is 45.8 Å². The molecule has 0 unspecified atom stereocenters. The number of rotatable bonds is 8. The summed E-state index contributed by atoms with van der Waals surface area (Å²) in [4.78, 5) is 30.4. The van der Waals surface area contributed by atoms with E-state index in [-0.39, 0.29) is 17.6 Å². The van der Waals surface area contributed by atoms with Crippen LogP contribution in [0, 0.1) is 12.7 Å². The van der Waals surface area contributed by atoms with Gasteiger partial charge in [-0.15, -0.1) is 0 Å². The Labute approximate surface area is 161 Å². The summed E-state index contributed by atoms with van der Waals surface area (Å²) in [7, 11) is 0. The minimum atomic E-state index is -0.234. The number of piperazine rings is 1. The fourth-order valence-corrected chi connectivity index (χ4v) is 3.25. The summed E-state index contributed by atoms with van der Waals surface area (Å²) in [5, 5.41) is 2.89. The lowest BCUT2D eigenvalue weighted by atomic mass is 10.1. The number of nitrogens with one attached hydrogen (secondary N) is 1. The van der Waals surface area contributed by atoms with Crippen LogP contribution in [-0.4, -0.2) is 78.9 Å². The van der Waals surface area contributed by atoms with Crippen LogP contribution in [0.4, 0.5) is 4.39 Å². The van der Waals surface area contributed by atoms with Gasteiger partial charge in [-0.25, -0.2) is 4.39 Å². The van der Waals surface area contributed by atoms with Gasteiger partial charge in [-0.2, -0.15) is 0 Å². The summed E-state index contributed by atoms with van der Waals surface area (Å²) in [5.74, 6) is -0.104. The molecule has 1 aliphatic rings. The third-order valence-electron chi connectivity index (χ3n) is 5.02. The Bertz CT molecular complexity index is 641. The van der Waals surface area contributed by atoms with Gasteiger partial charge in [-0.3, -0.25) is 19.4 Å². The third kappa shape index (κ3) is 6.59. The van der Waals surface area contributed by atoms with E-state index >= 15 is 0 Å². The molecule has 1 aromatic rings. The predicted octanol–water partition coefficient (Wildman–Crippen LogP) is 1.24. The van der Waals surface area contributed by atoms with Crippen LogP contribution in [0.15, 0.2) is 18.2 Å². The fraction of sp³-hybridized carbons (Fsp3) is 0.600. The zero-order chi connectivity index (χ0) is 19.8. The van der Waals surface area contributed by atoms with Crippen molar-refractivity contribution in [2.75, 3.05) is 52.4 Å². The number of carbonyl (C=O) groups excluding carboxylic acids is 2. The Morgan fingerprint density at radius 1 is 1.07 bits per heavy atom. The van der Waals surface area contributed by atoms with Gasteiger partial charge in [0.25, 0.3) is 0 Å². The Morgan fingerprint density at radius 2 is 1.67 bits per heavy atom. The van der Waals surface area contributed by atoms with Gasteiger partial charge < -0.3 is 10.2 Å². The number of hydrogen-bond donors (Lipinski definition) is 1. The van der Waals surface area contributed by atoms with Gasteiger partial charge in [0.05, 0.1) is 13.1 Å². The van der Waals surface area contributed by atoms with Gasteiger partial charge in [-0.1, -0.05) is 12.1 Å². The molecule has 27 heavy (non-hydrogen) atoms. The van der Waals surface area contributed by atoms with E-state index in [4.69, 9.17) is 0 Å². The Balaban J connectivity index is 1.69. The van der Waals surface area contributed by atoms with E-state index in [0.717, 1.165) is 44.8 Å². The van der Waals surface area contributed by atoms with E-state index in [2.05, 4.69) is 15.1 Å². The minimum Gasteiger partial charge on any atom is -0.351 e. The molecule has 0 atom stereocenters. The van der Waals surface area contributed by atoms with Crippen molar-refractivity contribution >= 4 is 11.8 Å². The largest absolute Gasteiger partial charge is 0.351 e. The van der Waals surface area contributed by atoms with Crippen LogP contribution in [0.2, 0.25) is 0 Å². The molecule has 1 heterocycles. The summed E-state index contributed by atoms with van der Waals surface area (Å²) >= 11 is 0. The highest BCUT2D eigenvalue weighted by Gasteiger charge is 2.21. The molecule has 0 spiro atoms. The number of hydrogen-bond acceptors (Lipinski definition) is 4. The van der Waals surface area contributed by atoms with E-state index in [9.17, 15) is 14.0 Å². The summed E-state index contributed by atoms with van der Waals surface area (Å²) in [5.41, 5.74) is 1.47. The molecule has 0 aliphatic carbocycles. The molecule has 150 valence electrons. The lowest BCUT2D eigenvalue weighted by Gasteiger charge is -2.34. The average molecular weight is 378 g/mol. The van der Waals surface area contributed by atoms with Crippen LogP contribution in [-0.2, 0) is 16.1 Å². The Morgan fingerprint density at radius 3 is 2.22 bits per heavy atom. The van der Waals surface area contributed by atoms with Gasteiger partial charge in [0.15, 0.2) is 0 Å². The molecular weight excluding hydrogens is 347 g/mol. The molecular formula is C20H31FN4O2. The molecule has 1 saturated heterocycles. The number of nitrogens with zero attached hydrogens (tertiary/aromatic N) is 3. The molecule has 0 aromatic heterocycles. The van der Waals surface area contributed by atoms with Gasteiger partial charge in [0.1, 0.15) is 5.82 Å². The number of amides is 2. The molecule has 1 fully saturated rings. The maximum Gasteiger partial charge on any atom is 0.236 e. The fourth-order valence-electron chi connectivity index (χ4n) is 3.25. The molecule has 1 N–H and O–H groups in total. The molecule has 0 radical (unpaired) electrons. The second-order valence-corrected chi connectivity index (χ2v) is 6.98. The summed E-state index contributed by atoms with van der Waals surface area (Å²) in [6.45, 7) is 11.5. The number of benzene rings is 1. The van der Waals surface area contributed by atoms with Crippen molar-refractivity contribution in [3.05, 3.63) is 35.1 Å². The first kappa shape index (κ1) is 21.3. The lowest BCUT2D eigenvalue weighted by molar-refractivity contribution is -0.133. The quantitative estimate of drug-likeness (QED) is 0.740. The van der Waals surface area contributed by atoms with Crippen LogP contribution < -0.4 is 5.32 Å². The summed E-state index contributed by atoms with van der Waals surface area (Å²) < 4.78 is 13.3. The van der Waals surface area contributed by atoms with Crippen molar-refractivity contribution in [1.82, 2.24) is 20.0 Å². The average Bonchev–Trinajstić information content (AvgIpc) is 2.65. The first-order valence-corrected chi connectivity index (χ1v) is 9.67. The second kappa shape index (κ2) is 10.4. The lowest BCUT2D eigenvalue weighted by Crippen LogP contribution is -2.51. The second-order valence-electron chi connectivity index (χ2n) is 6.98. The molecule has 0 bridgehead atoms. The normalized spacial score (nSPS) is 15.6. The van der Waals surface area contributed by atoms with E-state index in [0.29, 0.717) is 25.2 Å². The highest BCUT2D eigenvalue weighted by Crippen LogP contribution is 2.09. The molecule has 6 nitrogen and oxygen atoms in total. The van der Waals surface area contributed by atoms with E-state index in [1.807, 2.05) is 18.7 Å². The van der Waals surface area contributed by atoms with Gasteiger partial charge in [0.2, 0.25) is 11.8 Å². The number of likely N-dealkylation sites (N-methyl/N-ethyl adjacent to an activating group) is 1. The van der Waals surface area contributed by atoms with Crippen molar-refractivity contribution in [1.29, 1.82) is 0 Å². The Kier molecular flexibility index (Phi) is 8.19. The molecule has 2 amide bonds. The van der Waals surface area contributed by atoms with Crippen molar-refractivity contribution < 1.29 is 14.0 Å². The van der Waals surface area contributed by atoms with Crippen LogP contribution in [0.1, 0.15) is 25.0 Å². The van der Waals surface area contributed by atoms with Gasteiger partial charge in [-0.05, 0) is 38.0 Å². The number of carbonyl (C=O) groups is 2. The summed E-state index contributed by atoms with van der Waals surface area (Å²) in [6, 6.07) is 4.87. The zero-order valence-electron chi connectivity index (χ0n) is 16.6. The Hall–Kier alpha value is -1.99. The van der Waals surface area contributed by atoms with Crippen LogP contribution >= 0.6 is 0 Å². The monoisotopic (exact) mass is 378 g/mol. The summed E-state index contributed by atoms with van der Waals surface area (Å²) in [6.07, 6.45) is 0. The standard InChI is InChI=1S/C20H31FN4O2/c1-4-25(5-2)20(27)15-24-10-8-23(9-11-24)14-19(26)22-13-17-6-7-18(21)16(3)12-17/h6-7,12H,4-5,8-11,13-15H2,1-3H3,(H,22,26). The molecule has 1 aromatic carbocycles. The topological polar surface area (TPSA) is 55.9 Å². The molecule has 7 heteroatoms. The van der Waals surface area contributed by atoms with E-state index in [1.165, 1.54) is 6.07 Å². The SMILES string of the molecule is CCN(CC)C(=O)CN1CCN(CC(=O)NCc2ccc(F)c(C)c2)CC1. The number of halogens is 1. The minimum absolute atomic E-state index is 0.0374. The molecule has 1 aliphatic heterocycles. The third-order valence-corrected chi connectivity index (χ3v) is 5.02. The highest BCUT2D eigenvalue weighted by atomic mass is 19.1. The van der Waals surface area contributed by atoms with Crippen LogP contribution in [0.5, 0.6) is 0 Å². The van der Waals surface area contributed by atoms with E-state index < -0.39 is 0 Å². The van der Waals surface area contributed by atoms with E-state index in [1.54, 1.807) is 19.1 Å². The zero-order valence-corrected chi connectivity index (χ0v) is 16.6. The van der Waals surface area contributed by atoms with Crippen molar-refractivity contribution in [3.63, 3.8) is 0 Å². The maximum absolute atomic E-state index is 13.3.